The SMILES string of the molecule is CN(C)c1cccc(NC(=O)Nc2c(F)cccc2Cl)c1. The first-order chi connectivity index (χ1) is 9.97. The van der Waals surface area contributed by atoms with Crippen LogP contribution >= 0.6 is 11.6 Å². The average Bonchev–Trinajstić information content (AvgIpc) is 2.43. The topological polar surface area (TPSA) is 44.4 Å². The highest BCUT2D eigenvalue weighted by Crippen LogP contribution is 2.25. The van der Waals surface area contributed by atoms with Crippen LogP contribution in [0.3, 0.4) is 0 Å². The van der Waals surface area contributed by atoms with Gasteiger partial charge in [-0.05, 0) is 30.3 Å². The Morgan fingerprint density at radius 2 is 1.86 bits per heavy atom. The van der Waals surface area contributed by atoms with Crippen LogP contribution in [-0.2, 0) is 0 Å². The Labute approximate surface area is 127 Å². The molecule has 4 nitrogen and oxygen atoms in total. The molecule has 110 valence electrons. The minimum atomic E-state index is -0.584. The fourth-order valence-corrected chi connectivity index (χ4v) is 1.97. The largest absolute Gasteiger partial charge is 0.378 e. The van der Waals surface area contributed by atoms with Crippen molar-refractivity contribution in [3.05, 3.63) is 53.3 Å². The molecule has 0 radical (unpaired) electrons. The second kappa shape index (κ2) is 6.45. The Kier molecular flexibility index (Phi) is 4.65. The number of benzene rings is 2. The maximum Gasteiger partial charge on any atom is 0.323 e. The van der Waals surface area contributed by atoms with E-state index in [1.807, 2.05) is 37.2 Å². The molecule has 0 aliphatic heterocycles. The molecule has 0 bridgehead atoms. The number of para-hydroxylation sites is 1. The van der Waals surface area contributed by atoms with Crippen molar-refractivity contribution in [1.82, 2.24) is 0 Å². The number of rotatable bonds is 3. The lowest BCUT2D eigenvalue weighted by Crippen LogP contribution is -2.20. The van der Waals surface area contributed by atoms with E-state index < -0.39 is 11.8 Å². The summed E-state index contributed by atoms with van der Waals surface area (Å²) in [6, 6.07) is 10.9. The van der Waals surface area contributed by atoms with Crippen LogP contribution < -0.4 is 15.5 Å². The van der Waals surface area contributed by atoms with Crippen molar-refractivity contribution in [2.45, 2.75) is 0 Å². The van der Waals surface area contributed by atoms with E-state index in [0.29, 0.717) is 5.69 Å². The van der Waals surface area contributed by atoms with Gasteiger partial charge in [0.2, 0.25) is 0 Å². The molecule has 2 N–H and O–H groups in total. The van der Waals surface area contributed by atoms with Gasteiger partial charge in [0.1, 0.15) is 5.82 Å². The normalized spacial score (nSPS) is 10.1. The minimum absolute atomic E-state index is 0.0413. The van der Waals surface area contributed by atoms with Gasteiger partial charge < -0.3 is 15.5 Å². The fourth-order valence-electron chi connectivity index (χ4n) is 1.75. The first kappa shape index (κ1) is 15.1. The number of hydrogen-bond acceptors (Lipinski definition) is 2. The molecule has 2 aromatic carbocycles. The van der Waals surface area contributed by atoms with Crippen molar-refractivity contribution in [3.8, 4) is 0 Å². The predicted octanol–water partition coefficient (Wildman–Crippen LogP) is 4.19. The quantitative estimate of drug-likeness (QED) is 0.893. The van der Waals surface area contributed by atoms with E-state index in [0.717, 1.165) is 5.69 Å². The highest BCUT2D eigenvalue weighted by atomic mass is 35.5. The standard InChI is InChI=1S/C15H15ClFN3O/c1-20(2)11-6-3-5-10(9-11)18-15(21)19-14-12(16)7-4-8-13(14)17/h3-9H,1-2H3,(H2,18,19,21). The van der Waals surface area contributed by atoms with Gasteiger partial charge in [-0.15, -0.1) is 0 Å². The van der Waals surface area contributed by atoms with Crippen molar-refractivity contribution in [2.75, 3.05) is 29.6 Å². The summed E-state index contributed by atoms with van der Waals surface area (Å²) in [5.74, 6) is -0.584. The molecule has 2 aromatic rings. The highest BCUT2D eigenvalue weighted by Gasteiger charge is 2.10. The number of nitrogens with zero attached hydrogens (tertiary/aromatic N) is 1. The molecule has 0 heterocycles. The molecule has 21 heavy (non-hydrogen) atoms. The van der Waals surface area contributed by atoms with E-state index in [-0.39, 0.29) is 10.7 Å². The van der Waals surface area contributed by atoms with Crippen molar-refractivity contribution in [2.24, 2.45) is 0 Å². The van der Waals surface area contributed by atoms with Gasteiger partial charge in [0, 0.05) is 25.5 Å². The van der Waals surface area contributed by atoms with Gasteiger partial charge in [0.25, 0.3) is 0 Å². The maximum atomic E-state index is 13.6. The van der Waals surface area contributed by atoms with Crippen LogP contribution in [0.2, 0.25) is 5.02 Å². The number of anilines is 3. The van der Waals surface area contributed by atoms with Gasteiger partial charge >= 0.3 is 6.03 Å². The first-order valence-corrected chi connectivity index (χ1v) is 6.64. The van der Waals surface area contributed by atoms with Gasteiger partial charge in [0.05, 0.1) is 10.7 Å². The van der Waals surface area contributed by atoms with Gasteiger partial charge in [-0.3, -0.25) is 0 Å². The molecule has 2 rings (SSSR count). The molecule has 0 aliphatic carbocycles. The van der Waals surface area contributed by atoms with Crippen LogP contribution in [0.1, 0.15) is 0 Å². The molecular weight excluding hydrogens is 293 g/mol. The van der Waals surface area contributed by atoms with Crippen LogP contribution in [-0.4, -0.2) is 20.1 Å². The van der Waals surface area contributed by atoms with E-state index in [4.69, 9.17) is 11.6 Å². The maximum absolute atomic E-state index is 13.6. The van der Waals surface area contributed by atoms with E-state index in [2.05, 4.69) is 10.6 Å². The Balaban J connectivity index is 2.10. The smallest absolute Gasteiger partial charge is 0.323 e. The zero-order chi connectivity index (χ0) is 15.4. The Bertz CT molecular complexity index is 641. The number of carbonyl (C=O) groups is 1. The summed E-state index contributed by atoms with van der Waals surface area (Å²) >= 11 is 5.85. The van der Waals surface area contributed by atoms with Crippen LogP contribution in [0.25, 0.3) is 0 Å². The molecule has 0 spiro atoms. The lowest BCUT2D eigenvalue weighted by Gasteiger charge is -2.14. The van der Waals surface area contributed by atoms with Crippen LogP contribution in [0, 0.1) is 5.82 Å². The van der Waals surface area contributed by atoms with Crippen LogP contribution in [0.15, 0.2) is 42.5 Å². The van der Waals surface area contributed by atoms with Crippen molar-refractivity contribution >= 4 is 34.7 Å². The number of urea groups is 1. The van der Waals surface area contributed by atoms with E-state index in [1.54, 1.807) is 6.07 Å². The monoisotopic (exact) mass is 307 g/mol. The number of hydrogen-bond donors (Lipinski definition) is 2. The van der Waals surface area contributed by atoms with E-state index in [1.165, 1.54) is 18.2 Å². The molecule has 0 atom stereocenters. The number of halogens is 2. The molecular formula is C15H15ClFN3O. The molecule has 2 amide bonds. The predicted molar refractivity (Wildman–Crippen MR) is 84.8 cm³/mol. The van der Waals surface area contributed by atoms with Gasteiger partial charge in [-0.2, -0.15) is 0 Å². The summed E-state index contributed by atoms with van der Waals surface area (Å²) in [5.41, 5.74) is 1.50. The summed E-state index contributed by atoms with van der Waals surface area (Å²) in [5, 5.41) is 5.19. The van der Waals surface area contributed by atoms with E-state index >= 15 is 0 Å². The van der Waals surface area contributed by atoms with Crippen LogP contribution in [0.4, 0.5) is 26.2 Å². The molecule has 6 heteroatoms. The molecule has 0 aliphatic rings. The third kappa shape index (κ3) is 3.86. The lowest BCUT2D eigenvalue weighted by atomic mass is 10.2. The van der Waals surface area contributed by atoms with Crippen molar-refractivity contribution < 1.29 is 9.18 Å². The summed E-state index contributed by atoms with van der Waals surface area (Å²) in [6.07, 6.45) is 0. The van der Waals surface area contributed by atoms with Gasteiger partial charge in [-0.1, -0.05) is 23.7 Å². The molecule has 0 aromatic heterocycles. The summed E-state index contributed by atoms with van der Waals surface area (Å²) < 4.78 is 13.6. The molecule has 0 unspecified atom stereocenters. The Morgan fingerprint density at radius 3 is 2.52 bits per heavy atom. The summed E-state index contributed by atoms with van der Waals surface area (Å²) in [6.45, 7) is 0. The van der Waals surface area contributed by atoms with Crippen molar-refractivity contribution in [1.29, 1.82) is 0 Å². The Hall–Kier alpha value is -2.27. The highest BCUT2D eigenvalue weighted by molar-refractivity contribution is 6.33. The second-order valence-electron chi connectivity index (χ2n) is 4.62. The average molecular weight is 308 g/mol. The third-order valence-electron chi connectivity index (χ3n) is 2.82. The number of carbonyl (C=O) groups excluding carboxylic acids is 1. The zero-order valence-corrected chi connectivity index (χ0v) is 12.4. The van der Waals surface area contributed by atoms with Gasteiger partial charge in [0.15, 0.2) is 0 Å². The van der Waals surface area contributed by atoms with Crippen LogP contribution in [0.5, 0.6) is 0 Å². The summed E-state index contributed by atoms with van der Waals surface area (Å²) in [7, 11) is 3.80. The molecule has 0 saturated carbocycles. The third-order valence-corrected chi connectivity index (χ3v) is 3.14. The van der Waals surface area contributed by atoms with E-state index in [9.17, 15) is 9.18 Å². The molecule has 0 saturated heterocycles. The van der Waals surface area contributed by atoms with Gasteiger partial charge in [-0.25, -0.2) is 9.18 Å². The van der Waals surface area contributed by atoms with Crippen molar-refractivity contribution in [3.63, 3.8) is 0 Å². The Morgan fingerprint density at radius 1 is 1.14 bits per heavy atom. The fraction of sp³-hybridized carbons (Fsp3) is 0.133. The number of nitrogens with one attached hydrogen (secondary N) is 2. The minimum Gasteiger partial charge on any atom is -0.378 e. The zero-order valence-electron chi connectivity index (χ0n) is 11.7. The number of amides is 2. The molecule has 0 fully saturated rings. The second-order valence-corrected chi connectivity index (χ2v) is 5.03. The summed E-state index contributed by atoms with van der Waals surface area (Å²) in [4.78, 5) is 13.8. The lowest BCUT2D eigenvalue weighted by molar-refractivity contribution is 0.262. The first-order valence-electron chi connectivity index (χ1n) is 6.27.